The molecule has 0 aromatic heterocycles. The van der Waals surface area contributed by atoms with Gasteiger partial charge in [-0.05, 0) is 80.1 Å². The van der Waals surface area contributed by atoms with E-state index in [-0.39, 0.29) is 5.41 Å². The highest BCUT2D eigenvalue weighted by atomic mass is 16.4. The molecule has 3 unspecified atom stereocenters. The van der Waals surface area contributed by atoms with Gasteiger partial charge >= 0.3 is 5.97 Å². The van der Waals surface area contributed by atoms with Crippen molar-refractivity contribution < 1.29 is 9.90 Å². The molecule has 2 nitrogen and oxygen atoms in total. The maximum absolute atomic E-state index is 11.8. The standard InChI is InChI=1S/C30H46O2/c1-2-3-4-5-6-7-8-9-11-16-25-19-20-28(26(23-25)24-29(31)32)30(21-14-15-22-30)27-17-12-10-13-18-27/h7-8,10,12-13,17-18,25-26,28H,2-6,9,11,14-16,19-24H2,1H3,(H,31,32). The summed E-state index contributed by atoms with van der Waals surface area (Å²) in [6.45, 7) is 2.26. The summed E-state index contributed by atoms with van der Waals surface area (Å²) in [4.78, 5) is 11.8. The van der Waals surface area contributed by atoms with Crippen LogP contribution in [-0.4, -0.2) is 11.1 Å². The molecule has 1 aromatic rings. The minimum Gasteiger partial charge on any atom is -0.481 e. The fourth-order valence-electron chi connectivity index (χ4n) is 6.90. The quantitative estimate of drug-likeness (QED) is 0.247. The van der Waals surface area contributed by atoms with E-state index >= 15 is 0 Å². The van der Waals surface area contributed by atoms with Crippen molar-refractivity contribution in [3.63, 3.8) is 0 Å². The van der Waals surface area contributed by atoms with Crippen molar-refractivity contribution >= 4 is 5.97 Å². The maximum Gasteiger partial charge on any atom is 0.303 e. The Morgan fingerprint density at radius 2 is 1.72 bits per heavy atom. The third-order valence-corrected chi connectivity index (χ3v) is 8.46. The largest absolute Gasteiger partial charge is 0.481 e. The molecule has 0 aliphatic heterocycles. The number of hydrogen-bond acceptors (Lipinski definition) is 1. The van der Waals surface area contributed by atoms with Gasteiger partial charge in [-0.15, -0.1) is 0 Å². The lowest BCUT2D eigenvalue weighted by Gasteiger charge is -2.47. The van der Waals surface area contributed by atoms with E-state index in [1.807, 2.05) is 0 Å². The van der Waals surface area contributed by atoms with Crippen molar-refractivity contribution in [1.29, 1.82) is 0 Å². The molecule has 2 heteroatoms. The first kappa shape index (κ1) is 25.1. The van der Waals surface area contributed by atoms with E-state index < -0.39 is 5.97 Å². The van der Waals surface area contributed by atoms with Crippen LogP contribution in [0, 0.1) is 17.8 Å². The number of benzene rings is 1. The Labute approximate surface area is 196 Å². The van der Waals surface area contributed by atoms with Crippen LogP contribution in [0.1, 0.15) is 115 Å². The molecule has 1 aromatic carbocycles. The van der Waals surface area contributed by atoms with Gasteiger partial charge in [0.05, 0.1) is 0 Å². The second-order valence-electron chi connectivity index (χ2n) is 10.6. The zero-order chi connectivity index (χ0) is 22.7. The van der Waals surface area contributed by atoms with Gasteiger partial charge in [0.2, 0.25) is 0 Å². The van der Waals surface area contributed by atoms with Crippen molar-refractivity contribution in [3.05, 3.63) is 48.0 Å². The van der Waals surface area contributed by atoms with Crippen LogP contribution in [0.5, 0.6) is 0 Å². The number of aliphatic carboxylic acids is 1. The summed E-state index contributed by atoms with van der Waals surface area (Å²) < 4.78 is 0. The minimum atomic E-state index is -0.604. The summed E-state index contributed by atoms with van der Waals surface area (Å²) in [5, 5.41) is 9.71. The lowest BCUT2D eigenvalue weighted by atomic mass is 9.57. The van der Waals surface area contributed by atoms with E-state index in [1.165, 1.54) is 95.5 Å². The Hall–Kier alpha value is -1.57. The summed E-state index contributed by atoms with van der Waals surface area (Å²) in [7, 11) is 0. The van der Waals surface area contributed by atoms with Crippen molar-refractivity contribution in [3.8, 4) is 0 Å². The number of carboxylic acid groups (broad SMARTS) is 1. The third-order valence-electron chi connectivity index (χ3n) is 8.46. The molecule has 0 bridgehead atoms. The first-order valence-corrected chi connectivity index (χ1v) is 13.6. The zero-order valence-electron chi connectivity index (χ0n) is 20.4. The average molecular weight is 439 g/mol. The van der Waals surface area contributed by atoms with Crippen LogP contribution >= 0.6 is 0 Å². The molecular weight excluding hydrogens is 392 g/mol. The Morgan fingerprint density at radius 3 is 2.41 bits per heavy atom. The normalized spacial score (nSPS) is 25.3. The van der Waals surface area contributed by atoms with Crippen LogP contribution in [0.15, 0.2) is 42.5 Å². The molecule has 2 fully saturated rings. The van der Waals surface area contributed by atoms with E-state index in [9.17, 15) is 9.90 Å². The molecule has 0 radical (unpaired) electrons. The maximum atomic E-state index is 11.8. The van der Waals surface area contributed by atoms with Gasteiger partial charge < -0.3 is 5.11 Å². The van der Waals surface area contributed by atoms with Gasteiger partial charge in [-0.25, -0.2) is 0 Å². The molecule has 2 aliphatic carbocycles. The SMILES string of the molecule is CCCCCCC=CCCCC1CCC(C2(c3ccccc3)CCCC2)C(CC(=O)O)C1. The Kier molecular flexibility index (Phi) is 10.3. The lowest BCUT2D eigenvalue weighted by molar-refractivity contribution is -0.139. The highest BCUT2D eigenvalue weighted by Gasteiger charge is 2.47. The fourth-order valence-corrected chi connectivity index (χ4v) is 6.90. The number of unbranched alkanes of at least 4 members (excludes halogenated alkanes) is 5. The molecule has 32 heavy (non-hydrogen) atoms. The van der Waals surface area contributed by atoms with Crippen molar-refractivity contribution in [2.24, 2.45) is 17.8 Å². The monoisotopic (exact) mass is 438 g/mol. The van der Waals surface area contributed by atoms with Gasteiger partial charge in [0.1, 0.15) is 0 Å². The van der Waals surface area contributed by atoms with Gasteiger partial charge in [0.25, 0.3) is 0 Å². The van der Waals surface area contributed by atoms with Gasteiger partial charge in [-0.2, -0.15) is 0 Å². The van der Waals surface area contributed by atoms with E-state index in [0.717, 1.165) is 6.42 Å². The second kappa shape index (κ2) is 13.2. The number of rotatable bonds is 13. The van der Waals surface area contributed by atoms with Crippen LogP contribution in [0.25, 0.3) is 0 Å². The van der Waals surface area contributed by atoms with Gasteiger partial charge in [-0.1, -0.05) is 94.4 Å². The average Bonchev–Trinajstić information content (AvgIpc) is 3.29. The molecule has 3 atom stereocenters. The molecule has 1 N–H and O–H groups in total. The number of hydrogen-bond donors (Lipinski definition) is 1. The topological polar surface area (TPSA) is 37.3 Å². The number of carboxylic acids is 1. The Bertz CT molecular complexity index is 686. The third kappa shape index (κ3) is 6.96. The van der Waals surface area contributed by atoms with Crippen molar-refractivity contribution in [2.45, 2.75) is 115 Å². The van der Waals surface area contributed by atoms with Gasteiger partial charge in [0, 0.05) is 6.42 Å². The first-order valence-electron chi connectivity index (χ1n) is 13.6. The van der Waals surface area contributed by atoms with Crippen LogP contribution in [0.3, 0.4) is 0 Å². The summed E-state index contributed by atoms with van der Waals surface area (Å²) in [5.74, 6) is 0.970. The fraction of sp³-hybridized carbons (Fsp3) is 0.700. The smallest absolute Gasteiger partial charge is 0.303 e. The molecule has 0 amide bonds. The van der Waals surface area contributed by atoms with Crippen LogP contribution < -0.4 is 0 Å². The zero-order valence-corrected chi connectivity index (χ0v) is 20.4. The summed E-state index contributed by atoms with van der Waals surface area (Å²) in [5.41, 5.74) is 1.69. The Balaban J connectivity index is 1.55. The molecule has 3 rings (SSSR count). The van der Waals surface area contributed by atoms with Crippen LogP contribution in [-0.2, 0) is 10.2 Å². The molecule has 2 aliphatic rings. The first-order chi connectivity index (χ1) is 15.7. The predicted octanol–water partition coefficient (Wildman–Crippen LogP) is 8.70. The van der Waals surface area contributed by atoms with Gasteiger partial charge in [-0.3, -0.25) is 4.79 Å². The van der Waals surface area contributed by atoms with Crippen LogP contribution in [0.2, 0.25) is 0 Å². The van der Waals surface area contributed by atoms with E-state index in [4.69, 9.17) is 0 Å². The molecule has 0 heterocycles. The Morgan fingerprint density at radius 1 is 1.00 bits per heavy atom. The van der Waals surface area contributed by atoms with Crippen molar-refractivity contribution in [2.75, 3.05) is 0 Å². The minimum absolute atomic E-state index is 0.215. The highest BCUT2D eigenvalue weighted by molar-refractivity contribution is 5.67. The van der Waals surface area contributed by atoms with Crippen LogP contribution in [0.4, 0.5) is 0 Å². The number of carbonyl (C=O) groups is 1. The van der Waals surface area contributed by atoms with Crippen molar-refractivity contribution in [1.82, 2.24) is 0 Å². The molecule has 2 saturated carbocycles. The predicted molar refractivity (Wildman–Crippen MR) is 135 cm³/mol. The highest BCUT2D eigenvalue weighted by Crippen LogP contribution is 2.55. The van der Waals surface area contributed by atoms with E-state index in [1.54, 1.807) is 0 Å². The van der Waals surface area contributed by atoms with Gasteiger partial charge in [0.15, 0.2) is 0 Å². The molecule has 0 spiro atoms. The summed E-state index contributed by atoms with van der Waals surface area (Å²) in [6, 6.07) is 11.1. The van der Waals surface area contributed by atoms with E-state index in [2.05, 4.69) is 49.4 Å². The number of allylic oxidation sites excluding steroid dienone is 2. The molecule has 0 saturated heterocycles. The summed E-state index contributed by atoms with van der Waals surface area (Å²) in [6.07, 6.45) is 24.1. The van der Waals surface area contributed by atoms with E-state index in [0.29, 0.717) is 24.2 Å². The molecular formula is C30H46O2. The second-order valence-corrected chi connectivity index (χ2v) is 10.6. The molecule has 178 valence electrons. The lowest BCUT2D eigenvalue weighted by Crippen LogP contribution is -2.41. The summed E-state index contributed by atoms with van der Waals surface area (Å²) >= 11 is 0.